The van der Waals surface area contributed by atoms with Crippen LogP contribution in [0.3, 0.4) is 0 Å². The second-order valence-electron chi connectivity index (χ2n) is 4.79. The normalized spacial score (nSPS) is 14.5. The van der Waals surface area contributed by atoms with E-state index in [9.17, 15) is 4.39 Å². The molecule has 2 aromatic rings. The predicted molar refractivity (Wildman–Crippen MR) is 75.8 cm³/mol. The summed E-state index contributed by atoms with van der Waals surface area (Å²) in [5.41, 5.74) is 9.14. The summed E-state index contributed by atoms with van der Waals surface area (Å²) in [6, 6.07) is 3.64. The molecule has 0 spiro atoms. The van der Waals surface area contributed by atoms with E-state index in [1.165, 1.54) is 6.42 Å². The van der Waals surface area contributed by atoms with Crippen molar-refractivity contribution in [3.63, 3.8) is 0 Å². The van der Waals surface area contributed by atoms with Gasteiger partial charge in [0.05, 0.1) is 22.2 Å². The van der Waals surface area contributed by atoms with Crippen molar-refractivity contribution < 1.29 is 4.39 Å². The van der Waals surface area contributed by atoms with Crippen LogP contribution in [-0.2, 0) is 19.4 Å². The van der Waals surface area contributed by atoms with Crippen LogP contribution < -0.4 is 5.73 Å². The van der Waals surface area contributed by atoms with Gasteiger partial charge in [-0.3, -0.25) is 0 Å². The summed E-state index contributed by atoms with van der Waals surface area (Å²) in [4.78, 5) is 4.40. The molecule has 0 saturated heterocycles. The highest BCUT2D eigenvalue weighted by Crippen LogP contribution is 2.29. The molecular formula is C14H15BrFN3. The van der Waals surface area contributed by atoms with Gasteiger partial charge in [0.1, 0.15) is 0 Å². The minimum Gasteiger partial charge on any atom is -0.326 e. The van der Waals surface area contributed by atoms with Crippen LogP contribution in [0.2, 0.25) is 0 Å². The molecule has 1 aromatic carbocycles. The quantitative estimate of drug-likeness (QED) is 0.922. The van der Waals surface area contributed by atoms with Gasteiger partial charge in [-0.25, -0.2) is 9.37 Å². The molecule has 1 aliphatic rings. The Balaban J connectivity index is 2.12. The Kier molecular flexibility index (Phi) is 3.41. The number of nitrogens with zero attached hydrogens (tertiary/aromatic N) is 2. The van der Waals surface area contributed by atoms with Gasteiger partial charge in [-0.05, 0) is 53.2 Å². The average molecular weight is 324 g/mol. The molecule has 0 amide bonds. The second kappa shape index (κ2) is 5.06. The lowest BCUT2D eigenvalue weighted by molar-refractivity contribution is 0.600. The maximum atomic E-state index is 14.4. The predicted octanol–water partition coefficient (Wildman–Crippen LogP) is 3.11. The van der Waals surface area contributed by atoms with E-state index in [4.69, 9.17) is 5.73 Å². The van der Waals surface area contributed by atoms with Crippen molar-refractivity contribution in [2.24, 2.45) is 5.73 Å². The van der Waals surface area contributed by atoms with Crippen molar-refractivity contribution >= 4 is 15.9 Å². The molecule has 1 heterocycles. The van der Waals surface area contributed by atoms with Crippen LogP contribution in [0.4, 0.5) is 4.39 Å². The number of aryl methyl sites for hydroxylation is 1. The van der Waals surface area contributed by atoms with E-state index in [0.29, 0.717) is 16.7 Å². The molecule has 1 aliphatic carbocycles. The van der Waals surface area contributed by atoms with Gasteiger partial charge in [0.15, 0.2) is 5.82 Å². The van der Waals surface area contributed by atoms with Crippen LogP contribution in [0.1, 0.15) is 29.8 Å². The number of fused-ring (bicyclic) bond motifs is 1. The van der Waals surface area contributed by atoms with Gasteiger partial charge in [0.25, 0.3) is 0 Å². The van der Waals surface area contributed by atoms with Gasteiger partial charge in [0, 0.05) is 12.2 Å². The highest BCUT2D eigenvalue weighted by molar-refractivity contribution is 9.10. The number of hydrogen-bond donors (Lipinski definition) is 1. The summed E-state index contributed by atoms with van der Waals surface area (Å²) in [5.74, 6) is -0.270. The SMILES string of the molecule is NCc1ccc(-n2cnc3c2CCCC3)c(F)c1Br. The van der Waals surface area contributed by atoms with E-state index in [1.807, 2.05) is 10.6 Å². The van der Waals surface area contributed by atoms with Crippen molar-refractivity contribution in [1.29, 1.82) is 0 Å². The van der Waals surface area contributed by atoms with Crippen LogP contribution in [0, 0.1) is 5.82 Å². The van der Waals surface area contributed by atoms with Gasteiger partial charge < -0.3 is 10.3 Å². The van der Waals surface area contributed by atoms with Crippen molar-refractivity contribution in [1.82, 2.24) is 9.55 Å². The molecule has 2 N–H and O–H groups in total. The molecule has 0 bridgehead atoms. The van der Waals surface area contributed by atoms with E-state index in [0.717, 1.165) is 36.2 Å². The molecule has 3 rings (SSSR count). The van der Waals surface area contributed by atoms with Gasteiger partial charge >= 0.3 is 0 Å². The van der Waals surface area contributed by atoms with Gasteiger partial charge in [-0.15, -0.1) is 0 Å². The lowest BCUT2D eigenvalue weighted by Gasteiger charge is -2.15. The zero-order chi connectivity index (χ0) is 13.4. The molecular weight excluding hydrogens is 309 g/mol. The summed E-state index contributed by atoms with van der Waals surface area (Å²) >= 11 is 3.28. The fraction of sp³-hybridized carbons (Fsp3) is 0.357. The Hall–Kier alpha value is -1.20. The zero-order valence-corrected chi connectivity index (χ0v) is 12.1. The lowest BCUT2D eigenvalue weighted by atomic mass is 10.0. The standard InChI is InChI=1S/C14H15BrFN3/c15-13-9(7-17)5-6-12(14(13)16)19-8-18-10-3-1-2-4-11(10)19/h5-6,8H,1-4,7,17H2. The molecule has 19 heavy (non-hydrogen) atoms. The Labute approximate surface area is 119 Å². The number of benzene rings is 1. The fourth-order valence-electron chi connectivity index (χ4n) is 2.60. The van der Waals surface area contributed by atoms with Crippen molar-refractivity contribution in [3.05, 3.63) is 45.7 Å². The maximum Gasteiger partial charge on any atom is 0.161 e. The first-order chi connectivity index (χ1) is 9.22. The van der Waals surface area contributed by atoms with Crippen molar-refractivity contribution in [2.45, 2.75) is 32.2 Å². The van der Waals surface area contributed by atoms with Crippen LogP contribution in [0.5, 0.6) is 0 Å². The number of halogens is 2. The molecule has 0 aliphatic heterocycles. The third kappa shape index (κ3) is 2.11. The largest absolute Gasteiger partial charge is 0.326 e. The molecule has 1 aromatic heterocycles. The first kappa shape index (κ1) is 12.8. The fourth-order valence-corrected chi connectivity index (χ4v) is 3.10. The number of rotatable bonds is 2. The third-order valence-electron chi connectivity index (χ3n) is 3.65. The maximum absolute atomic E-state index is 14.4. The van der Waals surface area contributed by atoms with Crippen LogP contribution in [-0.4, -0.2) is 9.55 Å². The highest BCUT2D eigenvalue weighted by Gasteiger charge is 2.19. The Morgan fingerprint density at radius 3 is 2.89 bits per heavy atom. The Bertz CT molecular complexity index is 621. The number of nitrogens with two attached hydrogens (primary N) is 1. The molecule has 0 fully saturated rings. The van der Waals surface area contributed by atoms with Crippen LogP contribution >= 0.6 is 15.9 Å². The molecule has 5 heteroatoms. The van der Waals surface area contributed by atoms with Crippen molar-refractivity contribution in [3.8, 4) is 5.69 Å². The monoisotopic (exact) mass is 323 g/mol. The minimum atomic E-state index is -0.270. The minimum absolute atomic E-state index is 0.270. The van der Waals surface area contributed by atoms with E-state index >= 15 is 0 Å². The van der Waals surface area contributed by atoms with Crippen molar-refractivity contribution in [2.75, 3.05) is 0 Å². The molecule has 100 valence electrons. The van der Waals surface area contributed by atoms with Gasteiger partial charge in [0.2, 0.25) is 0 Å². The molecule has 0 radical (unpaired) electrons. The number of aromatic nitrogens is 2. The zero-order valence-electron chi connectivity index (χ0n) is 10.5. The molecule has 0 saturated carbocycles. The summed E-state index contributed by atoms with van der Waals surface area (Å²) in [5, 5.41) is 0. The van der Waals surface area contributed by atoms with E-state index in [-0.39, 0.29) is 5.82 Å². The topological polar surface area (TPSA) is 43.8 Å². The van der Waals surface area contributed by atoms with E-state index in [2.05, 4.69) is 20.9 Å². The van der Waals surface area contributed by atoms with Gasteiger partial charge in [-0.1, -0.05) is 6.07 Å². The molecule has 0 atom stereocenters. The third-order valence-corrected chi connectivity index (χ3v) is 4.51. The summed E-state index contributed by atoms with van der Waals surface area (Å²) < 4.78 is 16.8. The first-order valence-electron chi connectivity index (χ1n) is 6.44. The number of imidazole rings is 1. The summed E-state index contributed by atoms with van der Waals surface area (Å²) in [6.45, 7) is 0.319. The second-order valence-corrected chi connectivity index (χ2v) is 5.58. The lowest BCUT2D eigenvalue weighted by Crippen LogP contribution is -2.09. The summed E-state index contributed by atoms with van der Waals surface area (Å²) in [7, 11) is 0. The Morgan fingerprint density at radius 1 is 1.32 bits per heavy atom. The smallest absolute Gasteiger partial charge is 0.161 e. The molecule has 0 unspecified atom stereocenters. The van der Waals surface area contributed by atoms with Crippen LogP contribution in [0.25, 0.3) is 5.69 Å². The average Bonchev–Trinajstić information content (AvgIpc) is 2.86. The highest BCUT2D eigenvalue weighted by atomic mass is 79.9. The van der Waals surface area contributed by atoms with Crippen LogP contribution in [0.15, 0.2) is 22.9 Å². The van der Waals surface area contributed by atoms with Gasteiger partial charge in [-0.2, -0.15) is 0 Å². The number of hydrogen-bond acceptors (Lipinski definition) is 2. The summed E-state index contributed by atoms with van der Waals surface area (Å²) in [6.07, 6.45) is 5.99. The first-order valence-corrected chi connectivity index (χ1v) is 7.24. The molecule has 3 nitrogen and oxygen atoms in total. The van der Waals surface area contributed by atoms with E-state index in [1.54, 1.807) is 12.4 Å². The van der Waals surface area contributed by atoms with E-state index < -0.39 is 0 Å². The Morgan fingerprint density at radius 2 is 2.11 bits per heavy atom.